The van der Waals surface area contributed by atoms with Gasteiger partial charge >= 0.3 is 10.2 Å². The molecule has 26 heavy (non-hydrogen) atoms. The summed E-state index contributed by atoms with van der Waals surface area (Å²) in [7, 11) is -4.87. The van der Waals surface area contributed by atoms with Crippen molar-refractivity contribution in [2.45, 2.75) is 41.5 Å². The maximum Gasteiger partial charge on any atom is 0.333 e. The molecule has 1 aromatic carbocycles. The number of benzene rings is 1. The standard InChI is InChI=1S/C17H19ClFN3O2S2/c1-17(2)6-8-22(9-7-17)14-10-21-15(11-20-14)25-12-4-3-5-13(16(12)18)26(19,23)24/h3-5,10-11H,6-9H2,1-2H3. The minimum Gasteiger partial charge on any atom is -0.355 e. The molecule has 1 aliphatic rings. The number of hydrogen-bond donors (Lipinski definition) is 0. The van der Waals surface area contributed by atoms with Crippen molar-refractivity contribution < 1.29 is 12.3 Å². The summed E-state index contributed by atoms with van der Waals surface area (Å²) in [5.41, 5.74) is 0.359. The summed E-state index contributed by atoms with van der Waals surface area (Å²) in [6.45, 7) is 6.42. The van der Waals surface area contributed by atoms with Crippen LogP contribution in [0, 0.1) is 5.41 Å². The normalized spacial score (nSPS) is 17.3. The molecule has 3 rings (SSSR count). The lowest BCUT2D eigenvalue weighted by atomic mass is 9.83. The van der Waals surface area contributed by atoms with Gasteiger partial charge in [0.05, 0.1) is 17.4 Å². The van der Waals surface area contributed by atoms with Gasteiger partial charge in [0.1, 0.15) is 15.7 Å². The van der Waals surface area contributed by atoms with Gasteiger partial charge in [-0.2, -0.15) is 8.42 Å². The first kappa shape index (κ1) is 19.4. The minimum atomic E-state index is -4.87. The zero-order valence-corrected chi connectivity index (χ0v) is 16.8. The molecule has 0 unspecified atom stereocenters. The van der Waals surface area contributed by atoms with Gasteiger partial charge in [-0.15, -0.1) is 3.89 Å². The van der Waals surface area contributed by atoms with Crippen LogP contribution in [0.5, 0.6) is 0 Å². The fourth-order valence-electron chi connectivity index (χ4n) is 2.74. The first-order valence-corrected chi connectivity index (χ1v) is 10.7. The molecule has 0 saturated carbocycles. The van der Waals surface area contributed by atoms with E-state index in [0.717, 1.165) is 49.6 Å². The first-order valence-electron chi connectivity index (χ1n) is 8.14. The van der Waals surface area contributed by atoms with Crippen molar-refractivity contribution in [3.63, 3.8) is 0 Å². The highest BCUT2D eigenvalue weighted by Gasteiger charge is 2.26. The average Bonchev–Trinajstić information content (AvgIpc) is 2.56. The Labute approximate surface area is 162 Å². The molecule has 1 aromatic heterocycles. The largest absolute Gasteiger partial charge is 0.355 e. The summed E-state index contributed by atoms with van der Waals surface area (Å²) in [6.07, 6.45) is 5.52. The van der Waals surface area contributed by atoms with Gasteiger partial charge in [-0.1, -0.05) is 43.3 Å². The molecule has 0 N–H and O–H groups in total. The monoisotopic (exact) mass is 415 g/mol. The summed E-state index contributed by atoms with van der Waals surface area (Å²) in [4.78, 5) is 10.9. The van der Waals surface area contributed by atoms with Gasteiger partial charge in [-0.05, 0) is 30.4 Å². The second-order valence-electron chi connectivity index (χ2n) is 6.97. The second-order valence-corrected chi connectivity index (χ2v) is 9.73. The zero-order valence-electron chi connectivity index (χ0n) is 14.4. The Morgan fingerprint density at radius 3 is 2.46 bits per heavy atom. The first-order chi connectivity index (χ1) is 12.2. The highest BCUT2D eigenvalue weighted by atomic mass is 35.5. The van der Waals surface area contributed by atoms with E-state index in [-0.39, 0.29) is 5.02 Å². The molecule has 1 fully saturated rings. The molecule has 140 valence electrons. The van der Waals surface area contributed by atoms with Gasteiger partial charge < -0.3 is 4.90 Å². The van der Waals surface area contributed by atoms with Crippen LogP contribution in [0.4, 0.5) is 9.70 Å². The fraction of sp³-hybridized carbons (Fsp3) is 0.412. The predicted octanol–water partition coefficient (Wildman–Crippen LogP) is 4.57. The molecule has 0 radical (unpaired) electrons. The highest BCUT2D eigenvalue weighted by molar-refractivity contribution is 7.99. The van der Waals surface area contributed by atoms with E-state index in [4.69, 9.17) is 11.6 Å². The Kier molecular flexibility index (Phi) is 5.46. The molecule has 0 amide bonds. The van der Waals surface area contributed by atoms with Crippen LogP contribution in [0.2, 0.25) is 5.02 Å². The van der Waals surface area contributed by atoms with E-state index in [2.05, 4.69) is 28.7 Å². The van der Waals surface area contributed by atoms with Crippen molar-refractivity contribution in [1.82, 2.24) is 9.97 Å². The Bertz CT molecular complexity index is 895. The van der Waals surface area contributed by atoms with E-state index >= 15 is 0 Å². The van der Waals surface area contributed by atoms with Crippen LogP contribution in [-0.4, -0.2) is 31.5 Å². The van der Waals surface area contributed by atoms with Gasteiger partial charge in [-0.25, -0.2) is 9.97 Å². The van der Waals surface area contributed by atoms with Crippen molar-refractivity contribution in [1.29, 1.82) is 0 Å². The Morgan fingerprint density at radius 2 is 1.88 bits per heavy atom. The van der Waals surface area contributed by atoms with Crippen LogP contribution in [0.25, 0.3) is 0 Å². The van der Waals surface area contributed by atoms with Gasteiger partial charge in [0.2, 0.25) is 0 Å². The van der Waals surface area contributed by atoms with E-state index in [9.17, 15) is 12.3 Å². The van der Waals surface area contributed by atoms with Gasteiger partial charge in [-0.3, -0.25) is 0 Å². The van der Waals surface area contributed by atoms with Gasteiger partial charge in [0.15, 0.2) is 0 Å². The molecule has 1 saturated heterocycles. The number of rotatable bonds is 4. The molecule has 0 bridgehead atoms. The summed E-state index contributed by atoms with van der Waals surface area (Å²) in [5, 5.41) is 0.408. The van der Waals surface area contributed by atoms with Crippen molar-refractivity contribution >= 4 is 39.4 Å². The zero-order chi connectivity index (χ0) is 18.9. The highest BCUT2D eigenvalue weighted by Crippen LogP contribution is 2.37. The molecular weight excluding hydrogens is 397 g/mol. The molecule has 0 spiro atoms. The van der Waals surface area contributed by atoms with Crippen molar-refractivity contribution in [3.05, 3.63) is 35.6 Å². The van der Waals surface area contributed by atoms with Crippen molar-refractivity contribution in [3.8, 4) is 0 Å². The third kappa shape index (κ3) is 4.47. The molecule has 0 atom stereocenters. The number of halogens is 2. The maximum atomic E-state index is 13.3. The lowest BCUT2D eigenvalue weighted by molar-refractivity contribution is 0.279. The molecule has 9 heteroatoms. The summed E-state index contributed by atoms with van der Waals surface area (Å²) in [6, 6.07) is 4.19. The number of hydrogen-bond acceptors (Lipinski definition) is 6. The Balaban J connectivity index is 1.75. The average molecular weight is 416 g/mol. The number of aromatic nitrogens is 2. The third-order valence-corrected chi connectivity index (χ3v) is 6.94. The van der Waals surface area contributed by atoms with Gasteiger partial charge in [0, 0.05) is 18.0 Å². The van der Waals surface area contributed by atoms with E-state index in [1.165, 1.54) is 6.07 Å². The molecule has 0 aliphatic carbocycles. The molecule has 5 nitrogen and oxygen atoms in total. The molecule has 2 aromatic rings. The third-order valence-electron chi connectivity index (χ3n) is 4.46. The van der Waals surface area contributed by atoms with E-state index in [1.807, 2.05) is 0 Å². The fourth-order valence-corrected chi connectivity index (χ4v) is 4.67. The minimum absolute atomic E-state index is 0.149. The lowest BCUT2D eigenvalue weighted by Gasteiger charge is -2.37. The summed E-state index contributed by atoms with van der Waals surface area (Å²) in [5.74, 6) is 0.816. The summed E-state index contributed by atoms with van der Waals surface area (Å²) < 4.78 is 35.5. The van der Waals surface area contributed by atoms with Crippen LogP contribution >= 0.6 is 23.4 Å². The Hall–Kier alpha value is -1.38. The maximum absolute atomic E-state index is 13.3. The van der Waals surface area contributed by atoms with Crippen molar-refractivity contribution in [2.24, 2.45) is 5.41 Å². The number of nitrogens with zero attached hydrogens (tertiary/aromatic N) is 3. The van der Waals surface area contributed by atoms with E-state index in [1.54, 1.807) is 18.5 Å². The summed E-state index contributed by atoms with van der Waals surface area (Å²) >= 11 is 7.17. The molecular formula is C17H19ClFN3O2S2. The smallest absolute Gasteiger partial charge is 0.333 e. The van der Waals surface area contributed by atoms with Crippen LogP contribution < -0.4 is 4.90 Å². The van der Waals surface area contributed by atoms with E-state index in [0.29, 0.717) is 15.3 Å². The van der Waals surface area contributed by atoms with Crippen LogP contribution in [-0.2, 0) is 10.2 Å². The quantitative estimate of drug-likeness (QED) is 0.682. The van der Waals surface area contributed by atoms with Crippen LogP contribution in [0.15, 0.2) is 45.4 Å². The topological polar surface area (TPSA) is 63.2 Å². The predicted molar refractivity (Wildman–Crippen MR) is 101 cm³/mol. The number of piperidine rings is 1. The SMILES string of the molecule is CC1(C)CCN(c2cnc(Sc3cccc(S(=O)(=O)F)c3Cl)cn2)CC1. The van der Waals surface area contributed by atoms with E-state index < -0.39 is 15.1 Å². The van der Waals surface area contributed by atoms with Gasteiger partial charge in [0.25, 0.3) is 0 Å². The lowest BCUT2D eigenvalue weighted by Crippen LogP contribution is -2.37. The molecule has 1 aliphatic heterocycles. The second kappa shape index (κ2) is 7.32. The number of anilines is 1. The molecule has 2 heterocycles. The Morgan fingerprint density at radius 1 is 1.19 bits per heavy atom. The van der Waals surface area contributed by atoms with Crippen LogP contribution in [0.1, 0.15) is 26.7 Å². The van der Waals surface area contributed by atoms with Crippen molar-refractivity contribution in [2.75, 3.05) is 18.0 Å². The van der Waals surface area contributed by atoms with Crippen LogP contribution in [0.3, 0.4) is 0 Å².